The number of hydrogen-bond acceptors (Lipinski definition) is 4. The van der Waals surface area contributed by atoms with Gasteiger partial charge in [0.05, 0.1) is 0 Å². The van der Waals surface area contributed by atoms with Gasteiger partial charge in [0, 0.05) is 10.5 Å². The number of rotatable bonds is 0. The van der Waals surface area contributed by atoms with E-state index in [4.69, 9.17) is 0 Å². The van der Waals surface area contributed by atoms with Crippen LogP contribution in [0.4, 0.5) is 0 Å². The molecule has 2 nitrogen and oxygen atoms in total. The molecule has 0 amide bonds. The second-order valence-corrected chi connectivity index (χ2v) is 7.71. The first-order chi connectivity index (χ1) is 6.62. The normalized spacial score (nSPS) is 57.0. The van der Waals surface area contributed by atoms with Crippen LogP contribution < -0.4 is 0 Å². The van der Waals surface area contributed by atoms with Crippen LogP contribution in [0.2, 0.25) is 0 Å². The van der Waals surface area contributed by atoms with Crippen molar-refractivity contribution >= 4 is 23.5 Å². The van der Waals surface area contributed by atoms with Crippen LogP contribution in [-0.4, -0.2) is 30.6 Å². The number of aliphatic hydroxyl groups is 2. The molecule has 2 N–H and O–H groups in total. The Labute approximate surface area is 92.8 Å². The average molecular weight is 232 g/mol. The molecule has 4 atom stereocenters. The lowest BCUT2D eigenvalue weighted by Crippen LogP contribution is -2.47. The zero-order valence-corrected chi connectivity index (χ0v) is 9.74. The summed E-state index contributed by atoms with van der Waals surface area (Å²) in [6.07, 6.45) is 6.21. The first-order valence-corrected chi connectivity index (χ1v) is 7.19. The minimum atomic E-state index is -0.522. The molecule has 0 spiro atoms. The molecule has 0 radical (unpaired) electrons. The third-order valence-corrected chi connectivity index (χ3v) is 7.61. The van der Waals surface area contributed by atoms with Crippen LogP contribution in [0.15, 0.2) is 0 Å². The van der Waals surface area contributed by atoms with Crippen LogP contribution >= 0.6 is 23.5 Å². The SMILES string of the molecule is OC12CCCC1SC1(O)CCCC1S2. The zero-order valence-electron chi connectivity index (χ0n) is 8.11. The second kappa shape index (κ2) is 3.06. The zero-order chi connectivity index (χ0) is 9.81. The molecule has 2 saturated carbocycles. The molecule has 2 aliphatic carbocycles. The smallest absolute Gasteiger partial charge is 0.122 e. The third-order valence-electron chi connectivity index (χ3n) is 3.70. The Morgan fingerprint density at radius 1 is 0.857 bits per heavy atom. The quantitative estimate of drug-likeness (QED) is 0.670. The van der Waals surface area contributed by atoms with Crippen LogP contribution in [0.1, 0.15) is 38.5 Å². The van der Waals surface area contributed by atoms with Gasteiger partial charge in [0.15, 0.2) is 0 Å². The minimum Gasteiger partial charge on any atom is -0.378 e. The molecule has 80 valence electrons. The van der Waals surface area contributed by atoms with Gasteiger partial charge in [-0.1, -0.05) is 0 Å². The molecule has 0 bridgehead atoms. The van der Waals surface area contributed by atoms with Crippen molar-refractivity contribution in [2.45, 2.75) is 58.9 Å². The monoisotopic (exact) mass is 232 g/mol. The molecule has 3 fully saturated rings. The Morgan fingerprint density at radius 3 is 1.71 bits per heavy atom. The lowest BCUT2D eigenvalue weighted by atomic mass is 10.3. The highest BCUT2D eigenvalue weighted by atomic mass is 32.2. The van der Waals surface area contributed by atoms with Crippen molar-refractivity contribution in [3.63, 3.8) is 0 Å². The highest BCUT2D eigenvalue weighted by molar-refractivity contribution is 8.08. The summed E-state index contributed by atoms with van der Waals surface area (Å²) in [5.74, 6) is 0. The Kier molecular flexibility index (Phi) is 2.15. The molecular weight excluding hydrogens is 216 g/mol. The lowest BCUT2D eigenvalue weighted by molar-refractivity contribution is 0.117. The maximum Gasteiger partial charge on any atom is 0.122 e. The summed E-state index contributed by atoms with van der Waals surface area (Å²) in [7, 11) is 0. The Bertz CT molecular complexity index is 235. The Hall–Kier alpha value is 0.620. The van der Waals surface area contributed by atoms with E-state index in [0.29, 0.717) is 0 Å². The van der Waals surface area contributed by atoms with Crippen molar-refractivity contribution in [2.75, 3.05) is 0 Å². The van der Waals surface area contributed by atoms with Crippen LogP contribution in [0.5, 0.6) is 0 Å². The van der Waals surface area contributed by atoms with Gasteiger partial charge >= 0.3 is 0 Å². The van der Waals surface area contributed by atoms with Gasteiger partial charge in [-0.2, -0.15) is 0 Å². The van der Waals surface area contributed by atoms with Gasteiger partial charge in [0.1, 0.15) is 9.87 Å². The molecule has 3 aliphatic rings. The predicted octanol–water partition coefficient (Wildman–Crippen LogP) is 1.95. The molecular formula is C10H16O2S2. The summed E-state index contributed by atoms with van der Waals surface area (Å²) in [6.45, 7) is 0. The maximum absolute atomic E-state index is 10.4. The van der Waals surface area contributed by atoms with E-state index in [0.717, 1.165) is 38.5 Å². The Balaban J connectivity index is 1.88. The van der Waals surface area contributed by atoms with Gasteiger partial charge in [-0.15, -0.1) is 23.5 Å². The molecule has 1 saturated heterocycles. The van der Waals surface area contributed by atoms with E-state index >= 15 is 0 Å². The molecule has 0 aromatic carbocycles. The lowest BCUT2D eigenvalue weighted by Gasteiger charge is -2.44. The van der Waals surface area contributed by atoms with Crippen molar-refractivity contribution < 1.29 is 10.2 Å². The van der Waals surface area contributed by atoms with Crippen molar-refractivity contribution in [3.8, 4) is 0 Å². The van der Waals surface area contributed by atoms with E-state index in [1.54, 1.807) is 23.5 Å². The predicted molar refractivity (Wildman–Crippen MR) is 60.4 cm³/mol. The third kappa shape index (κ3) is 1.27. The van der Waals surface area contributed by atoms with Gasteiger partial charge in [-0.05, 0) is 38.5 Å². The summed E-state index contributed by atoms with van der Waals surface area (Å²) in [5.41, 5.74) is 0. The van der Waals surface area contributed by atoms with Gasteiger partial charge in [0.25, 0.3) is 0 Å². The number of hydrogen-bond donors (Lipinski definition) is 2. The van der Waals surface area contributed by atoms with Gasteiger partial charge in [-0.25, -0.2) is 0 Å². The summed E-state index contributed by atoms with van der Waals surface area (Å²) in [5, 5.41) is 21.3. The molecule has 14 heavy (non-hydrogen) atoms. The van der Waals surface area contributed by atoms with Crippen molar-refractivity contribution in [3.05, 3.63) is 0 Å². The van der Waals surface area contributed by atoms with E-state index in [-0.39, 0.29) is 10.5 Å². The first kappa shape index (κ1) is 9.82. The summed E-state index contributed by atoms with van der Waals surface area (Å²) < 4.78 is 0. The fourth-order valence-corrected chi connectivity index (χ4v) is 6.76. The highest BCUT2D eigenvalue weighted by Crippen LogP contribution is 2.61. The average Bonchev–Trinajstić information content (AvgIpc) is 2.61. The van der Waals surface area contributed by atoms with Crippen LogP contribution in [0.25, 0.3) is 0 Å². The maximum atomic E-state index is 10.4. The first-order valence-electron chi connectivity index (χ1n) is 5.43. The van der Waals surface area contributed by atoms with Crippen LogP contribution in [0.3, 0.4) is 0 Å². The van der Waals surface area contributed by atoms with Crippen molar-refractivity contribution in [1.29, 1.82) is 0 Å². The number of thioether (sulfide) groups is 2. The van der Waals surface area contributed by atoms with Gasteiger partial charge in [0.2, 0.25) is 0 Å². The molecule has 0 aromatic rings. The second-order valence-electron chi connectivity index (χ2n) is 4.69. The molecule has 4 unspecified atom stereocenters. The fraction of sp³-hybridized carbons (Fsp3) is 1.00. The van der Waals surface area contributed by atoms with Crippen molar-refractivity contribution in [2.24, 2.45) is 0 Å². The fourth-order valence-electron chi connectivity index (χ4n) is 2.92. The van der Waals surface area contributed by atoms with E-state index in [9.17, 15) is 10.2 Å². The summed E-state index contributed by atoms with van der Waals surface area (Å²) in [4.78, 5) is -1.04. The largest absolute Gasteiger partial charge is 0.378 e. The van der Waals surface area contributed by atoms with E-state index in [1.165, 1.54) is 0 Å². The van der Waals surface area contributed by atoms with Crippen LogP contribution in [0, 0.1) is 0 Å². The van der Waals surface area contributed by atoms with Crippen LogP contribution in [-0.2, 0) is 0 Å². The van der Waals surface area contributed by atoms with Crippen molar-refractivity contribution in [1.82, 2.24) is 0 Å². The van der Waals surface area contributed by atoms with Gasteiger partial charge in [-0.3, -0.25) is 0 Å². The molecule has 4 heteroatoms. The molecule has 0 aromatic heterocycles. The molecule has 3 rings (SSSR count). The standard InChI is InChI=1S/C10H16O2S2/c11-9-5-1-3-7(9)13-10(12)6-2-4-8(10)14-9/h7-8,11-12H,1-6H2. The summed E-state index contributed by atoms with van der Waals surface area (Å²) in [6, 6.07) is 0. The van der Waals surface area contributed by atoms with E-state index in [2.05, 4.69) is 0 Å². The Morgan fingerprint density at radius 2 is 1.29 bits per heavy atom. The molecule has 1 heterocycles. The van der Waals surface area contributed by atoms with Gasteiger partial charge < -0.3 is 10.2 Å². The topological polar surface area (TPSA) is 40.5 Å². The van der Waals surface area contributed by atoms with E-state index in [1.807, 2.05) is 0 Å². The molecule has 1 aliphatic heterocycles. The minimum absolute atomic E-state index is 0.270. The van der Waals surface area contributed by atoms with E-state index < -0.39 is 9.87 Å². The summed E-state index contributed by atoms with van der Waals surface area (Å²) >= 11 is 3.32. The highest BCUT2D eigenvalue weighted by Gasteiger charge is 2.57. The number of fused-ring (bicyclic) bond motifs is 2.